The van der Waals surface area contributed by atoms with E-state index in [9.17, 15) is 27.2 Å². The van der Waals surface area contributed by atoms with Crippen LogP contribution >= 0.6 is 56.8 Å². The molecular weight excluding hydrogens is 720 g/mol. The van der Waals surface area contributed by atoms with Gasteiger partial charge in [0.05, 0.1) is 19.4 Å². The van der Waals surface area contributed by atoms with Gasteiger partial charge in [-0.3, -0.25) is 5.10 Å². The van der Waals surface area contributed by atoms with Gasteiger partial charge < -0.3 is 19.4 Å². The largest absolute Gasteiger partial charge is 1.00 e. The number of rotatable bonds is 6. The van der Waals surface area contributed by atoms with Gasteiger partial charge in [0.15, 0.2) is 0 Å². The molecule has 0 amide bonds. The Labute approximate surface area is 238 Å². The minimum absolute atomic E-state index is 0. The molecule has 2 rings (SSSR count). The molecule has 0 spiro atoms. The molecule has 0 radical (unpaired) electrons. The first-order valence-corrected chi connectivity index (χ1v) is 10.6. The van der Waals surface area contributed by atoms with Crippen LogP contribution in [0.1, 0.15) is 41.1 Å². The number of hydrogen-bond acceptors (Lipinski definition) is 8. The van der Waals surface area contributed by atoms with Gasteiger partial charge in [0.1, 0.15) is 24.5 Å². The summed E-state index contributed by atoms with van der Waals surface area (Å²) in [5, 5.41) is 14.6. The maximum atomic E-state index is 12.2. The van der Waals surface area contributed by atoms with Crippen LogP contribution in [0.5, 0.6) is 0 Å². The number of halogens is 7. The topological polar surface area (TPSA) is 139 Å². The Kier molecular flexibility index (Phi) is 17.6. The smallest absolute Gasteiger partial charge is 0.543 e. The van der Waals surface area contributed by atoms with Crippen molar-refractivity contribution in [3.05, 3.63) is 30.9 Å². The molecule has 0 unspecified atom stereocenters. The molecule has 0 aliphatic carbocycles. The Balaban J connectivity index is 0. The molecule has 0 atom stereocenters. The number of alkyl halides is 5. The van der Waals surface area contributed by atoms with Crippen molar-refractivity contribution >= 4 is 74.7 Å². The summed E-state index contributed by atoms with van der Waals surface area (Å²) in [5.74, 6) is -3.54. The summed E-state index contributed by atoms with van der Waals surface area (Å²) in [6, 6.07) is 0. The minimum Gasteiger partial charge on any atom is -0.543 e. The number of ether oxygens (including phenoxy) is 2. The molecule has 180 valence electrons. The second-order valence-electron chi connectivity index (χ2n) is 4.92. The second-order valence-corrected chi connectivity index (χ2v) is 7.49. The summed E-state index contributed by atoms with van der Waals surface area (Å²) >= 11 is 7.57. The van der Waals surface area contributed by atoms with E-state index in [0.29, 0.717) is 20.6 Å². The number of carboxylic acid groups (broad SMARTS) is 1. The van der Waals surface area contributed by atoms with Crippen LogP contribution in [-0.4, -0.2) is 56.5 Å². The van der Waals surface area contributed by atoms with Crippen molar-refractivity contribution in [3.63, 3.8) is 0 Å². The Hall–Kier alpha value is -0.700. The number of nitrogens with one attached hydrogen (secondary N) is 1. The average molecular weight is 735 g/mol. The maximum Gasteiger partial charge on any atom is 1.00 e. The third-order valence-electron chi connectivity index (χ3n) is 2.70. The number of aromatic amines is 1. The number of carbonyl (C=O) groups is 3. The molecule has 0 aliphatic rings. The number of carbonyl (C=O) groups excluding carboxylic acids is 3. The van der Waals surface area contributed by atoms with E-state index >= 15 is 0 Å². The number of aliphatic carboxylic acids is 1. The number of nitrogens with zero attached hydrogens (tertiary/aromatic N) is 3. The summed E-state index contributed by atoms with van der Waals surface area (Å²) in [6.45, 7) is 1.26. The van der Waals surface area contributed by atoms with Crippen LogP contribution in [0.3, 0.4) is 0 Å². The van der Waals surface area contributed by atoms with Crippen LogP contribution < -0.4 is 34.7 Å². The van der Waals surface area contributed by atoms with Crippen molar-refractivity contribution < 1.29 is 76.1 Å². The van der Waals surface area contributed by atoms with E-state index in [1.54, 1.807) is 36.4 Å². The fourth-order valence-corrected chi connectivity index (χ4v) is 2.54. The first-order chi connectivity index (χ1) is 14.8. The number of carboxylic acids is 1. The van der Waals surface area contributed by atoms with Crippen LogP contribution in [0.25, 0.3) is 0 Å². The normalized spacial score (nSPS) is 10.1. The summed E-state index contributed by atoms with van der Waals surface area (Å²) in [7, 11) is 0. The number of H-pyrrole nitrogens is 1. The molecule has 2 aromatic rings. The summed E-state index contributed by atoms with van der Waals surface area (Å²) in [4.78, 5) is 31.2. The molecule has 0 saturated heterocycles. The number of esters is 2. The van der Waals surface area contributed by atoms with Gasteiger partial charge in [-0.2, -0.15) is 27.8 Å². The summed E-state index contributed by atoms with van der Waals surface area (Å²) in [6.07, 6.45) is 2.43. The van der Waals surface area contributed by atoms with Gasteiger partial charge in [-0.05, 0) is 70.6 Å². The number of hydrogen-bond donors (Lipinski definition) is 1. The molecule has 2 aromatic heterocycles. The Bertz CT molecular complexity index is 913. The third kappa shape index (κ3) is 13.1. The van der Waals surface area contributed by atoms with Crippen molar-refractivity contribution in [2.24, 2.45) is 0 Å². The van der Waals surface area contributed by atoms with Gasteiger partial charge in [0.2, 0.25) is 0 Å². The Morgan fingerprint density at radius 2 is 1.64 bits per heavy atom. The van der Waals surface area contributed by atoms with E-state index in [-0.39, 0.29) is 51.4 Å². The van der Waals surface area contributed by atoms with Crippen LogP contribution in [0.15, 0.2) is 12.4 Å². The molecule has 18 heteroatoms. The first kappa shape index (κ1) is 34.5. The van der Waals surface area contributed by atoms with E-state index in [0.717, 1.165) is 6.20 Å². The van der Waals surface area contributed by atoms with Gasteiger partial charge >= 0.3 is 53.4 Å². The van der Waals surface area contributed by atoms with Crippen molar-refractivity contribution in [3.8, 4) is 0 Å². The zero-order valence-electron chi connectivity index (χ0n) is 17.1. The van der Waals surface area contributed by atoms with Crippen molar-refractivity contribution in [2.45, 2.75) is 25.8 Å². The molecule has 33 heavy (non-hydrogen) atoms. The van der Waals surface area contributed by atoms with Crippen LogP contribution in [0, 0.1) is 7.40 Å². The van der Waals surface area contributed by atoms with Crippen LogP contribution in [0.4, 0.5) is 17.6 Å². The molecule has 2 heterocycles. The quantitative estimate of drug-likeness (QED) is 0.142. The molecule has 0 bridgehead atoms. The number of aromatic nitrogens is 4. The fraction of sp³-hybridized carbons (Fsp3) is 0.400. The SMILES string of the molecule is CCOC(=O)c1cn(C(F)F)nc1I.CCOC(=O)c1cn[nH]c1I.O=C([O-])C(F)(F)Cl.[Na+]. The molecule has 10 nitrogen and oxygen atoms in total. The zero-order valence-corrected chi connectivity index (χ0v) is 24.2. The molecule has 1 N–H and O–H groups in total. The molecule has 0 fully saturated rings. The standard InChI is InChI=1S/C7H7F2IN2O2.C6H7IN2O2.C2HClF2O2.Na/c1-2-14-6(13)4-3-12(7(8)9)11-5(4)10;1-2-11-6(10)4-3-8-9-5(4)7;3-2(4,5)1(6)7;/h3,7H,2H2,1H3;3H,2H2,1H3,(H,8,9);(H,6,7);/q;;;+1/p-1. The predicted octanol–water partition coefficient (Wildman–Crippen LogP) is -0.178. The average Bonchev–Trinajstić information content (AvgIpc) is 3.28. The van der Waals surface area contributed by atoms with Crippen LogP contribution in [0.2, 0.25) is 0 Å². The van der Waals surface area contributed by atoms with E-state index in [2.05, 4.69) is 31.6 Å². The van der Waals surface area contributed by atoms with Crippen molar-refractivity contribution in [1.82, 2.24) is 20.0 Å². The molecular formula is C15H14ClF4I2N4NaO6. The first-order valence-electron chi connectivity index (χ1n) is 8.10. The van der Waals surface area contributed by atoms with Crippen molar-refractivity contribution in [2.75, 3.05) is 13.2 Å². The van der Waals surface area contributed by atoms with E-state index < -0.39 is 23.9 Å². The summed E-state index contributed by atoms with van der Waals surface area (Å²) < 4.78 is 57.0. The van der Waals surface area contributed by atoms with E-state index in [4.69, 9.17) is 14.6 Å². The van der Waals surface area contributed by atoms with Gasteiger partial charge in [0.25, 0.3) is 0 Å². The van der Waals surface area contributed by atoms with Crippen molar-refractivity contribution in [1.29, 1.82) is 0 Å². The third-order valence-corrected chi connectivity index (χ3v) is 4.48. The zero-order chi connectivity index (χ0) is 25.1. The molecule has 0 saturated carbocycles. The van der Waals surface area contributed by atoms with Gasteiger partial charge in [0, 0.05) is 6.20 Å². The molecule has 0 aliphatic heterocycles. The summed E-state index contributed by atoms with van der Waals surface area (Å²) in [5.41, 5.74) is 0.556. The minimum atomic E-state index is -4.22. The monoisotopic (exact) mass is 734 g/mol. The van der Waals surface area contributed by atoms with E-state index in [1.807, 2.05) is 22.6 Å². The molecule has 0 aromatic carbocycles. The Morgan fingerprint density at radius 1 is 1.18 bits per heavy atom. The Morgan fingerprint density at radius 3 is 1.94 bits per heavy atom. The van der Waals surface area contributed by atoms with Gasteiger partial charge in [-0.25, -0.2) is 14.3 Å². The van der Waals surface area contributed by atoms with Crippen LogP contribution in [-0.2, 0) is 14.3 Å². The van der Waals surface area contributed by atoms with E-state index in [1.165, 1.54) is 6.20 Å². The van der Waals surface area contributed by atoms with Gasteiger partial charge in [-0.1, -0.05) is 0 Å². The van der Waals surface area contributed by atoms with Gasteiger partial charge in [-0.15, -0.1) is 0 Å². The maximum absolute atomic E-state index is 12.2. The fourth-order valence-electron chi connectivity index (χ4n) is 1.44. The predicted molar refractivity (Wildman–Crippen MR) is 115 cm³/mol. The second kappa shape index (κ2) is 16.8.